The lowest BCUT2D eigenvalue weighted by Gasteiger charge is -2.41. The van der Waals surface area contributed by atoms with Crippen LogP contribution in [0, 0.1) is 16.7 Å². The zero-order chi connectivity index (χ0) is 24.8. The molecule has 1 amide bonds. The van der Waals surface area contributed by atoms with Crippen LogP contribution in [0.1, 0.15) is 61.8 Å². The van der Waals surface area contributed by atoms with Crippen molar-refractivity contribution in [1.82, 2.24) is 5.32 Å². The fraction of sp³-hybridized carbons (Fsp3) is 0.850. The number of aliphatic hydroxyl groups is 1. The van der Waals surface area contributed by atoms with Crippen LogP contribution in [0.2, 0.25) is 0 Å². The number of carboxylic acid groups (broad SMARTS) is 1. The smallest absolute Gasteiger partial charge is 0.333 e. The Labute approximate surface area is 184 Å². The van der Waals surface area contributed by atoms with Crippen molar-refractivity contribution in [2.75, 3.05) is 12.3 Å². The number of carboxylic acids is 1. The highest BCUT2D eigenvalue weighted by molar-refractivity contribution is 7.86. The largest absolute Gasteiger partial charge is 0.479 e. The van der Waals surface area contributed by atoms with Crippen LogP contribution in [0.25, 0.3) is 0 Å². The zero-order valence-electron chi connectivity index (χ0n) is 19.6. The first-order valence-corrected chi connectivity index (χ1v) is 11.7. The predicted molar refractivity (Wildman–Crippen MR) is 114 cm³/mol. The Kier molecular flexibility index (Phi) is 10.6. The summed E-state index contributed by atoms with van der Waals surface area (Å²) in [5.74, 6) is -3.40. The summed E-state index contributed by atoms with van der Waals surface area (Å²) in [6.07, 6.45) is -4.55. The minimum absolute atomic E-state index is 0.0602. The van der Waals surface area contributed by atoms with Gasteiger partial charge in [0.05, 0.1) is 11.2 Å². The summed E-state index contributed by atoms with van der Waals surface area (Å²) in [7, 11) is -4.22. The van der Waals surface area contributed by atoms with Gasteiger partial charge in [-0.2, -0.15) is 8.42 Å². The maximum Gasteiger partial charge on any atom is 0.333 e. The third-order valence-corrected chi connectivity index (χ3v) is 5.97. The third-order valence-electron chi connectivity index (χ3n) is 4.68. The number of ether oxygens (including phenoxy) is 1. The molecular weight excluding hydrogens is 430 g/mol. The van der Waals surface area contributed by atoms with Crippen LogP contribution in [0.4, 0.5) is 0 Å². The SMILES string of the molecule is CC(=O)NCCCS(=O)(=O)OC(C(OC(=O)C(C)(C)C)C(C)C)C(C)(C)[C@@H](O)C(=O)O. The van der Waals surface area contributed by atoms with Crippen molar-refractivity contribution in [3.05, 3.63) is 0 Å². The van der Waals surface area contributed by atoms with E-state index in [1.807, 2.05) is 0 Å². The highest BCUT2D eigenvalue weighted by atomic mass is 32.2. The number of rotatable bonds is 12. The Balaban J connectivity index is 6.00. The van der Waals surface area contributed by atoms with Gasteiger partial charge in [0.25, 0.3) is 10.1 Å². The van der Waals surface area contributed by atoms with Gasteiger partial charge in [-0.25, -0.2) is 4.79 Å². The molecule has 0 saturated heterocycles. The van der Waals surface area contributed by atoms with Gasteiger partial charge in [-0.15, -0.1) is 0 Å². The van der Waals surface area contributed by atoms with E-state index in [1.165, 1.54) is 20.8 Å². The summed E-state index contributed by atoms with van der Waals surface area (Å²) >= 11 is 0. The molecular formula is C20H37NO9S. The maximum absolute atomic E-state index is 12.6. The van der Waals surface area contributed by atoms with E-state index >= 15 is 0 Å². The quantitative estimate of drug-likeness (QED) is 0.219. The van der Waals surface area contributed by atoms with Crippen molar-refractivity contribution < 1.29 is 41.9 Å². The molecule has 2 unspecified atom stereocenters. The van der Waals surface area contributed by atoms with E-state index in [9.17, 15) is 33.0 Å². The van der Waals surface area contributed by atoms with Crippen molar-refractivity contribution >= 4 is 28.0 Å². The Morgan fingerprint density at radius 3 is 1.97 bits per heavy atom. The number of nitrogens with one attached hydrogen (secondary N) is 1. The summed E-state index contributed by atoms with van der Waals surface area (Å²) in [4.78, 5) is 34.9. The molecule has 0 fully saturated rings. The first kappa shape index (κ1) is 29.3. The highest BCUT2D eigenvalue weighted by Gasteiger charge is 2.50. The number of aliphatic carboxylic acids is 1. The lowest BCUT2D eigenvalue weighted by molar-refractivity contribution is -0.180. The number of carbonyl (C=O) groups excluding carboxylic acids is 2. The molecule has 0 aliphatic heterocycles. The first-order chi connectivity index (χ1) is 13.8. The Hall–Kier alpha value is -1.72. The second-order valence-corrected chi connectivity index (χ2v) is 11.3. The monoisotopic (exact) mass is 467 g/mol. The Bertz CT molecular complexity index is 738. The molecule has 0 rings (SSSR count). The maximum atomic E-state index is 12.6. The molecule has 0 radical (unpaired) electrons. The summed E-state index contributed by atoms with van der Waals surface area (Å²) in [5.41, 5.74) is -2.53. The van der Waals surface area contributed by atoms with Crippen LogP contribution in [0.3, 0.4) is 0 Å². The van der Waals surface area contributed by atoms with E-state index in [0.717, 1.165) is 0 Å². The van der Waals surface area contributed by atoms with Gasteiger partial charge in [0.1, 0.15) is 12.2 Å². The molecule has 0 saturated carbocycles. The molecule has 11 heteroatoms. The molecule has 0 aromatic rings. The minimum Gasteiger partial charge on any atom is -0.479 e. The lowest BCUT2D eigenvalue weighted by atomic mass is 9.76. The van der Waals surface area contributed by atoms with Crippen LogP contribution in [0.5, 0.6) is 0 Å². The second kappa shape index (κ2) is 11.2. The van der Waals surface area contributed by atoms with Gasteiger partial charge in [-0.05, 0) is 33.1 Å². The minimum atomic E-state index is -4.22. The van der Waals surface area contributed by atoms with Gasteiger partial charge in [0.2, 0.25) is 5.91 Å². The number of hydrogen-bond donors (Lipinski definition) is 3. The van der Waals surface area contributed by atoms with Gasteiger partial charge in [0.15, 0.2) is 6.10 Å². The summed E-state index contributed by atoms with van der Waals surface area (Å²) in [5, 5.41) is 22.1. The van der Waals surface area contributed by atoms with Crippen LogP contribution in [-0.2, 0) is 33.4 Å². The van der Waals surface area contributed by atoms with E-state index in [-0.39, 0.29) is 18.9 Å². The van der Waals surface area contributed by atoms with E-state index < -0.39 is 62.9 Å². The molecule has 3 N–H and O–H groups in total. The molecule has 0 heterocycles. The standard InChI is InChI=1S/C20H37NO9S/c1-12(2)14(29-18(26)19(4,5)6)16(20(7,8)15(23)17(24)25)30-31(27,28)11-9-10-21-13(3)22/h12,14-16,23H,9-11H2,1-8H3,(H,21,22)(H,24,25)/t14?,15-,16?/m0/s1. The normalized spacial score (nSPS) is 15.8. The van der Waals surface area contributed by atoms with E-state index in [0.29, 0.717) is 0 Å². The lowest BCUT2D eigenvalue weighted by Crippen LogP contribution is -2.55. The first-order valence-electron chi connectivity index (χ1n) is 10.1. The zero-order valence-corrected chi connectivity index (χ0v) is 20.4. The van der Waals surface area contributed by atoms with Crippen molar-refractivity contribution in [1.29, 1.82) is 0 Å². The number of carbonyl (C=O) groups is 3. The fourth-order valence-corrected chi connectivity index (χ4v) is 3.91. The van der Waals surface area contributed by atoms with Crippen molar-refractivity contribution in [3.8, 4) is 0 Å². The predicted octanol–water partition coefficient (Wildman–Crippen LogP) is 1.31. The van der Waals surface area contributed by atoms with Gasteiger partial charge < -0.3 is 20.3 Å². The molecule has 31 heavy (non-hydrogen) atoms. The van der Waals surface area contributed by atoms with Gasteiger partial charge in [-0.1, -0.05) is 27.7 Å². The summed E-state index contributed by atoms with van der Waals surface area (Å²) in [6, 6.07) is 0. The molecule has 0 aliphatic rings. The number of aliphatic hydroxyl groups excluding tert-OH is 1. The van der Waals surface area contributed by atoms with E-state index in [4.69, 9.17) is 8.92 Å². The van der Waals surface area contributed by atoms with Crippen molar-refractivity contribution in [3.63, 3.8) is 0 Å². The molecule has 10 nitrogen and oxygen atoms in total. The van der Waals surface area contributed by atoms with Crippen molar-refractivity contribution in [2.24, 2.45) is 16.7 Å². The molecule has 0 spiro atoms. The molecule has 0 aromatic carbocycles. The molecule has 3 atom stereocenters. The topological polar surface area (TPSA) is 156 Å². The van der Waals surface area contributed by atoms with Crippen molar-refractivity contribution in [2.45, 2.75) is 80.1 Å². The third kappa shape index (κ3) is 9.53. The summed E-state index contributed by atoms with van der Waals surface area (Å²) in [6.45, 7) is 12.3. The fourth-order valence-electron chi connectivity index (χ4n) is 2.64. The molecule has 182 valence electrons. The Morgan fingerprint density at radius 1 is 1.06 bits per heavy atom. The molecule has 0 aromatic heterocycles. The average Bonchev–Trinajstić information content (AvgIpc) is 2.59. The Morgan fingerprint density at radius 2 is 1.58 bits per heavy atom. The molecule has 0 bridgehead atoms. The van der Waals surface area contributed by atoms with Gasteiger partial charge in [0, 0.05) is 18.9 Å². The summed E-state index contributed by atoms with van der Waals surface area (Å²) < 4.78 is 36.2. The highest BCUT2D eigenvalue weighted by Crippen LogP contribution is 2.36. The molecule has 0 aliphatic carbocycles. The van der Waals surface area contributed by atoms with Crippen LogP contribution in [0.15, 0.2) is 0 Å². The number of amides is 1. The van der Waals surface area contributed by atoms with E-state index in [1.54, 1.807) is 34.6 Å². The van der Waals surface area contributed by atoms with Crippen LogP contribution < -0.4 is 5.32 Å². The average molecular weight is 468 g/mol. The number of hydrogen-bond acceptors (Lipinski definition) is 8. The van der Waals surface area contributed by atoms with Gasteiger partial charge >= 0.3 is 11.9 Å². The van der Waals surface area contributed by atoms with E-state index in [2.05, 4.69) is 5.32 Å². The van der Waals surface area contributed by atoms with Crippen LogP contribution in [-0.4, -0.2) is 67.1 Å². The van der Waals surface area contributed by atoms with Crippen LogP contribution >= 0.6 is 0 Å². The second-order valence-electron chi connectivity index (χ2n) is 9.54. The van der Waals surface area contributed by atoms with Gasteiger partial charge in [-0.3, -0.25) is 13.8 Å². The number of esters is 1.